The van der Waals surface area contributed by atoms with Crippen LogP contribution in [0.1, 0.15) is 12.8 Å². The lowest BCUT2D eigenvalue weighted by Crippen LogP contribution is -1.95. The molecule has 0 aromatic carbocycles. The van der Waals surface area contributed by atoms with Crippen molar-refractivity contribution >= 4 is 17.9 Å². The number of aldehydes is 1. The molecule has 0 N–H and O–H groups in total. The van der Waals surface area contributed by atoms with Gasteiger partial charge in [0.15, 0.2) is 0 Å². The Morgan fingerprint density at radius 3 is 2.17 bits per heavy atom. The molecule has 0 radical (unpaired) electrons. The van der Waals surface area contributed by atoms with Crippen LogP contribution < -0.4 is 0 Å². The first-order valence-electron chi connectivity index (χ1n) is 1.92. The van der Waals surface area contributed by atoms with Gasteiger partial charge in [0, 0.05) is 0 Å². The van der Waals surface area contributed by atoms with E-state index in [1.54, 1.807) is 0 Å². The minimum atomic E-state index is -0.417. The smallest absolute Gasteiger partial charge is 0.140 e. The topological polar surface area (TPSA) is 17.1 Å². The molecule has 1 saturated carbocycles. The Kier molecular flexibility index (Phi) is 0.667. The minimum absolute atomic E-state index is 0.417. The normalized spacial score (nSPS) is 26.2. The summed E-state index contributed by atoms with van der Waals surface area (Å²) >= 11 is 5.46. The Morgan fingerprint density at radius 2 is 2.17 bits per heavy atom. The van der Waals surface area contributed by atoms with Crippen molar-refractivity contribution in [2.45, 2.75) is 17.7 Å². The number of halogens is 1. The lowest BCUT2D eigenvalue weighted by Gasteiger charge is -1.82. The van der Waals surface area contributed by atoms with E-state index in [0.717, 1.165) is 19.1 Å². The SMILES string of the molecule is O=CC1(Cl)CC1. The zero-order valence-electron chi connectivity index (χ0n) is 3.28. The molecule has 1 rings (SSSR count). The van der Waals surface area contributed by atoms with Crippen LogP contribution in [0, 0.1) is 0 Å². The maximum Gasteiger partial charge on any atom is 0.140 e. The molecule has 0 spiro atoms. The molecule has 0 saturated heterocycles. The fourth-order valence-electron chi connectivity index (χ4n) is 0.237. The molecule has 0 unspecified atom stereocenters. The number of hydrogen-bond acceptors (Lipinski definition) is 1. The van der Waals surface area contributed by atoms with Crippen LogP contribution in [0.25, 0.3) is 0 Å². The summed E-state index contributed by atoms with van der Waals surface area (Å²) in [5.41, 5.74) is 0. The first-order chi connectivity index (χ1) is 2.77. The first-order valence-corrected chi connectivity index (χ1v) is 2.30. The maximum absolute atomic E-state index is 9.76. The van der Waals surface area contributed by atoms with Crippen LogP contribution in [0.5, 0.6) is 0 Å². The molecule has 6 heavy (non-hydrogen) atoms. The van der Waals surface area contributed by atoms with Crippen LogP contribution in [0.3, 0.4) is 0 Å². The van der Waals surface area contributed by atoms with E-state index in [9.17, 15) is 4.79 Å². The molecule has 1 aliphatic carbocycles. The van der Waals surface area contributed by atoms with E-state index < -0.39 is 4.87 Å². The molecule has 0 amide bonds. The van der Waals surface area contributed by atoms with Gasteiger partial charge in [-0.25, -0.2) is 0 Å². The molecular formula is C4H5ClO. The molecule has 0 atom stereocenters. The average molecular weight is 105 g/mol. The van der Waals surface area contributed by atoms with Crippen molar-refractivity contribution in [1.82, 2.24) is 0 Å². The molecular weight excluding hydrogens is 99.5 g/mol. The molecule has 34 valence electrons. The highest BCUT2D eigenvalue weighted by Gasteiger charge is 2.39. The lowest BCUT2D eigenvalue weighted by atomic mass is 10.5. The van der Waals surface area contributed by atoms with Gasteiger partial charge < -0.3 is 4.79 Å². The van der Waals surface area contributed by atoms with Crippen LogP contribution in [0.4, 0.5) is 0 Å². The van der Waals surface area contributed by atoms with Crippen molar-refractivity contribution < 1.29 is 4.79 Å². The Hall–Kier alpha value is -0.0400. The van der Waals surface area contributed by atoms with Gasteiger partial charge in [-0.1, -0.05) is 0 Å². The first kappa shape index (κ1) is 4.13. The predicted octanol–water partition coefficient (Wildman–Crippen LogP) is 0.957. The summed E-state index contributed by atoms with van der Waals surface area (Å²) in [6, 6.07) is 0. The quantitative estimate of drug-likeness (QED) is 0.358. The minimum Gasteiger partial charge on any atom is -0.301 e. The van der Waals surface area contributed by atoms with Crippen LogP contribution in [0.2, 0.25) is 0 Å². The molecule has 2 heteroatoms. The molecule has 0 aromatic rings. The molecule has 0 bridgehead atoms. The molecule has 0 heterocycles. The average Bonchev–Trinajstić information content (AvgIpc) is 2.22. The number of carbonyl (C=O) groups excluding carboxylic acids is 1. The van der Waals surface area contributed by atoms with Crippen molar-refractivity contribution in [3.63, 3.8) is 0 Å². The van der Waals surface area contributed by atoms with E-state index in [1.807, 2.05) is 0 Å². The Morgan fingerprint density at radius 1 is 1.67 bits per heavy atom. The largest absolute Gasteiger partial charge is 0.301 e. The van der Waals surface area contributed by atoms with Gasteiger partial charge in [-0.2, -0.15) is 0 Å². The molecule has 1 aliphatic rings. The van der Waals surface area contributed by atoms with E-state index in [4.69, 9.17) is 11.6 Å². The third-order valence-electron chi connectivity index (χ3n) is 0.939. The summed E-state index contributed by atoms with van der Waals surface area (Å²) in [7, 11) is 0. The highest BCUT2D eigenvalue weighted by Crippen LogP contribution is 2.39. The van der Waals surface area contributed by atoms with Gasteiger partial charge in [0.1, 0.15) is 6.29 Å². The maximum atomic E-state index is 9.76. The Balaban J connectivity index is 2.47. The number of rotatable bonds is 1. The van der Waals surface area contributed by atoms with E-state index in [1.165, 1.54) is 0 Å². The fourth-order valence-corrected chi connectivity index (χ4v) is 0.332. The van der Waals surface area contributed by atoms with Gasteiger partial charge in [-0.15, -0.1) is 11.6 Å². The fraction of sp³-hybridized carbons (Fsp3) is 0.750. The standard InChI is InChI=1S/C4H5ClO/c5-4(3-6)1-2-4/h3H,1-2H2. The highest BCUT2D eigenvalue weighted by atomic mass is 35.5. The van der Waals surface area contributed by atoms with E-state index in [2.05, 4.69) is 0 Å². The van der Waals surface area contributed by atoms with Gasteiger partial charge in [-0.05, 0) is 12.8 Å². The predicted molar refractivity (Wildman–Crippen MR) is 23.9 cm³/mol. The Bertz CT molecular complexity index is 75.6. The van der Waals surface area contributed by atoms with E-state index in [0.29, 0.717) is 0 Å². The van der Waals surface area contributed by atoms with E-state index >= 15 is 0 Å². The van der Waals surface area contributed by atoms with E-state index in [-0.39, 0.29) is 0 Å². The summed E-state index contributed by atoms with van der Waals surface area (Å²) in [5, 5.41) is 0. The Labute approximate surface area is 41.3 Å². The third kappa shape index (κ3) is 0.548. The monoisotopic (exact) mass is 104 g/mol. The second kappa shape index (κ2) is 0.969. The van der Waals surface area contributed by atoms with Crippen molar-refractivity contribution in [2.75, 3.05) is 0 Å². The molecule has 0 aliphatic heterocycles. The second-order valence-corrected chi connectivity index (χ2v) is 2.41. The zero-order valence-corrected chi connectivity index (χ0v) is 4.03. The van der Waals surface area contributed by atoms with Crippen molar-refractivity contribution in [3.05, 3.63) is 0 Å². The second-order valence-electron chi connectivity index (χ2n) is 1.65. The molecule has 1 nitrogen and oxygen atoms in total. The van der Waals surface area contributed by atoms with Crippen LogP contribution in [-0.2, 0) is 4.79 Å². The number of carbonyl (C=O) groups is 1. The zero-order chi connectivity index (χ0) is 4.62. The van der Waals surface area contributed by atoms with Crippen molar-refractivity contribution in [1.29, 1.82) is 0 Å². The summed E-state index contributed by atoms with van der Waals surface area (Å²) in [5.74, 6) is 0. The molecule has 0 aromatic heterocycles. The van der Waals surface area contributed by atoms with Crippen LogP contribution >= 0.6 is 11.6 Å². The van der Waals surface area contributed by atoms with Crippen LogP contribution in [0.15, 0.2) is 0 Å². The van der Waals surface area contributed by atoms with Crippen LogP contribution in [-0.4, -0.2) is 11.2 Å². The van der Waals surface area contributed by atoms with Gasteiger partial charge in [0.25, 0.3) is 0 Å². The summed E-state index contributed by atoms with van der Waals surface area (Å²) < 4.78 is 0. The third-order valence-corrected chi connectivity index (χ3v) is 1.41. The van der Waals surface area contributed by atoms with Crippen molar-refractivity contribution in [2.24, 2.45) is 0 Å². The summed E-state index contributed by atoms with van der Waals surface area (Å²) in [4.78, 5) is 9.34. The van der Waals surface area contributed by atoms with Gasteiger partial charge in [0.05, 0.1) is 4.87 Å². The number of alkyl halides is 1. The van der Waals surface area contributed by atoms with Gasteiger partial charge >= 0.3 is 0 Å². The molecule has 1 fully saturated rings. The number of hydrogen-bond donors (Lipinski definition) is 0. The lowest BCUT2D eigenvalue weighted by molar-refractivity contribution is -0.108. The van der Waals surface area contributed by atoms with Gasteiger partial charge in [-0.3, -0.25) is 0 Å². The van der Waals surface area contributed by atoms with Crippen molar-refractivity contribution in [3.8, 4) is 0 Å². The van der Waals surface area contributed by atoms with Gasteiger partial charge in [0.2, 0.25) is 0 Å². The summed E-state index contributed by atoms with van der Waals surface area (Å²) in [6.45, 7) is 0. The highest BCUT2D eigenvalue weighted by molar-refractivity contribution is 6.33. The summed E-state index contributed by atoms with van der Waals surface area (Å²) in [6.07, 6.45) is 2.56.